The maximum atomic E-state index is 5.44. The second-order valence-electron chi connectivity index (χ2n) is 3.08. The van der Waals surface area contributed by atoms with Crippen LogP contribution in [0.15, 0.2) is 23.8 Å². The van der Waals surface area contributed by atoms with Crippen LogP contribution in [-0.2, 0) is 0 Å². The first-order chi connectivity index (χ1) is 4.14. The molecular weight excluding hydrogens is 110 g/mol. The van der Waals surface area contributed by atoms with Gasteiger partial charge < -0.3 is 5.73 Å². The molecule has 0 aromatic rings. The Kier molecular flexibility index (Phi) is 1.45. The minimum Gasteiger partial charge on any atom is -0.327 e. The molecule has 0 aromatic carbocycles. The van der Waals surface area contributed by atoms with E-state index in [1.807, 2.05) is 0 Å². The van der Waals surface area contributed by atoms with Crippen molar-refractivity contribution in [3.63, 3.8) is 0 Å². The van der Waals surface area contributed by atoms with Gasteiger partial charge in [-0.05, 0) is 5.57 Å². The minimum atomic E-state index is 0.245. The Morgan fingerprint density at radius 1 is 1.56 bits per heavy atom. The van der Waals surface area contributed by atoms with Gasteiger partial charge >= 0.3 is 0 Å². The van der Waals surface area contributed by atoms with E-state index in [1.54, 1.807) is 0 Å². The van der Waals surface area contributed by atoms with Crippen molar-refractivity contribution < 1.29 is 0 Å². The van der Waals surface area contributed by atoms with Gasteiger partial charge in [-0.25, -0.2) is 0 Å². The van der Waals surface area contributed by atoms with Crippen LogP contribution < -0.4 is 5.73 Å². The summed E-state index contributed by atoms with van der Waals surface area (Å²) in [4.78, 5) is 0. The van der Waals surface area contributed by atoms with Gasteiger partial charge in [0.25, 0.3) is 0 Å². The second kappa shape index (κ2) is 1.99. The van der Waals surface area contributed by atoms with E-state index in [0.29, 0.717) is 6.54 Å². The van der Waals surface area contributed by atoms with Crippen molar-refractivity contribution >= 4 is 0 Å². The van der Waals surface area contributed by atoms with E-state index in [4.69, 9.17) is 5.73 Å². The normalized spacial score (nSPS) is 22.3. The molecule has 0 saturated carbocycles. The molecule has 0 aromatic heterocycles. The largest absolute Gasteiger partial charge is 0.327 e. The lowest BCUT2D eigenvalue weighted by molar-refractivity contribution is 0.634. The van der Waals surface area contributed by atoms with Crippen LogP contribution in [-0.4, -0.2) is 6.54 Å². The molecule has 50 valence electrons. The minimum absolute atomic E-state index is 0.245. The first-order valence-corrected chi connectivity index (χ1v) is 3.25. The van der Waals surface area contributed by atoms with E-state index in [0.717, 1.165) is 0 Å². The molecule has 0 amide bonds. The van der Waals surface area contributed by atoms with Crippen molar-refractivity contribution in [2.75, 3.05) is 6.54 Å². The molecule has 1 nitrogen and oxygen atoms in total. The van der Waals surface area contributed by atoms with E-state index in [-0.39, 0.29) is 5.41 Å². The highest BCUT2D eigenvalue weighted by Gasteiger charge is 2.14. The summed E-state index contributed by atoms with van der Waals surface area (Å²) in [5, 5.41) is 0. The molecule has 0 fully saturated rings. The third-order valence-corrected chi connectivity index (χ3v) is 1.52. The number of rotatable bonds is 1. The van der Waals surface area contributed by atoms with E-state index in [2.05, 4.69) is 32.1 Å². The summed E-state index contributed by atoms with van der Waals surface area (Å²) in [7, 11) is 0. The summed E-state index contributed by atoms with van der Waals surface area (Å²) in [6.07, 6.45) is 6.47. The lowest BCUT2D eigenvalue weighted by Gasteiger charge is -2.08. The molecule has 0 heterocycles. The molecule has 2 N–H and O–H groups in total. The quantitative estimate of drug-likeness (QED) is 0.561. The molecule has 0 spiro atoms. The lowest BCUT2D eigenvalue weighted by atomic mass is 9.96. The van der Waals surface area contributed by atoms with Crippen LogP contribution in [0, 0.1) is 5.41 Å². The Hall–Kier alpha value is -0.560. The van der Waals surface area contributed by atoms with E-state index >= 15 is 0 Å². The molecule has 0 saturated heterocycles. The first-order valence-electron chi connectivity index (χ1n) is 3.25. The molecule has 1 heteroatoms. The van der Waals surface area contributed by atoms with Crippen molar-refractivity contribution in [1.29, 1.82) is 0 Å². The second-order valence-corrected chi connectivity index (χ2v) is 3.08. The predicted octanol–water partition coefficient (Wildman–Crippen LogP) is 1.47. The molecular formula is C8H13N. The fraction of sp³-hybridized carbons (Fsp3) is 0.500. The molecule has 1 aliphatic rings. The van der Waals surface area contributed by atoms with E-state index in [1.165, 1.54) is 5.57 Å². The topological polar surface area (TPSA) is 26.0 Å². The summed E-state index contributed by atoms with van der Waals surface area (Å²) in [6, 6.07) is 0. The number of hydrogen-bond donors (Lipinski definition) is 1. The Morgan fingerprint density at radius 2 is 2.22 bits per heavy atom. The van der Waals surface area contributed by atoms with Gasteiger partial charge in [-0.15, -0.1) is 0 Å². The van der Waals surface area contributed by atoms with Gasteiger partial charge in [0, 0.05) is 12.0 Å². The maximum absolute atomic E-state index is 5.44. The molecule has 1 aliphatic carbocycles. The molecule has 0 aliphatic heterocycles. The van der Waals surface area contributed by atoms with Gasteiger partial charge in [0.1, 0.15) is 0 Å². The highest BCUT2D eigenvalue weighted by Crippen LogP contribution is 2.26. The average Bonchev–Trinajstić information content (AvgIpc) is 2.10. The monoisotopic (exact) mass is 123 g/mol. The zero-order chi connectivity index (χ0) is 6.91. The van der Waals surface area contributed by atoms with Crippen molar-refractivity contribution in [3.05, 3.63) is 23.8 Å². The standard InChI is InChI=1S/C8H13N/c1-8(2)4-3-7(5-8)6-9/h3-5H,6,9H2,1-2H3. The van der Waals surface area contributed by atoms with Crippen LogP contribution in [0.25, 0.3) is 0 Å². The van der Waals surface area contributed by atoms with Gasteiger partial charge in [-0.1, -0.05) is 32.1 Å². The predicted molar refractivity (Wildman–Crippen MR) is 40.1 cm³/mol. The van der Waals surface area contributed by atoms with Crippen molar-refractivity contribution in [2.24, 2.45) is 11.1 Å². The zero-order valence-corrected chi connectivity index (χ0v) is 6.02. The smallest absolute Gasteiger partial charge is 0.0175 e. The van der Waals surface area contributed by atoms with Crippen LogP contribution in [0.1, 0.15) is 13.8 Å². The highest BCUT2D eigenvalue weighted by atomic mass is 14.5. The number of nitrogens with two attached hydrogens (primary N) is 1. The van der Waals surface area contributed by atoms with E-state index < -0.39 is 0 Å². The van der Waals surface area contributed by atoms with Gasteiger partial charge in [-0.3, -0.25) is 0 Å². The molecule has 0 radical (unpaired) electrons. The molecule has 1 rings (SSSR count). The summed E-state index contributed by atoms with van der Waals surface area (Å²) < 4.78 is 0. The molecule has 9 heavy (non-hydrogen) atoms. The zero-order valence-electron chi connectivity index (χ0n) is 6.02. The van der Waals surface area contributed by atoms with Crippen molar-refractivity contribution in [1.82, 2.24) is 0 Å². The molecule has 0 unspecified atom stereocenters. The molecule has 0 atom stereocenters. The van der Waals surface area contributed by atoms with Crippen LogP contribution in [0.4, 0.5) is 0 Å². The van der Waals surface area contributed by atoms with Crippen LogP contribution in [0.5, 0.6) is 0 Å². The fourth-order valence-electron chi connectivity index (χ4n) is 1.02. The van der Waals surface area contributed by atoms with Crippen molar-refractivity contribution in [2.45, 2.75) is 13.8 Å². The third-order valence-electron chi connectivity index (χ3n) is 1.52. The Balaban J connectivity index is 2.74. The van der Waals surface area contributed by atoms with Crippen LogP contribution in [0.2, 0.25) is 0 Å². The SMILES string of the molecule is CC1(C)C=CC(CN)=C1. The van der Waals surface area contributed by atoms with E-state index in [9.17, 15) is 0 Å². The van der Waals surface area contributed by atoms with Gasteiger partial charge in [0.15, 0.2) is 0 Å². The fourth-order valence-corrected chi connectivity index (χ4v) is 1.02. The van der Waals surface area contributed by atoms with Crippen LogP contribution in [0.3, 0.4) is 0 Å². The first kappa shape index (κ1) is 6.56. The number of allylic oxidation sites excluding steroid dienone is 2. The van der Waals surface area contributed by atoms with Gasteiger partial charge in [0.05, 0.1) is 0 Å². The maximum Gasteiger partial charge on any atom is 0.0175 e. The Labute approximate surface area is 56.2 Å². The Bertz CT molecular complexity index is 163. The summed E-state index contributed by atoms with van der Waals surface area (Å²) >= 11 is 0. The summed E-state index contributed by atoms with van der Waals surface area (Å²) in [5.74, 6) is 0. The molecule has 0 bridgehead atoms. The highest BCUT2D eigenvalue weighted by molar-refractivity contribution is 5.32. The third kappa shape index (κ3) is 1.42. The van der Waals surface area contributed by atoms with Crippen LogP contribution >= 0.6 is 0 Å². The average molecular weight is 123 g/mol. The van der Waals surface area contributed by atoms with Crippen molar-refractivity contribution in [3.8, 4) is 0 Å². The Morgan fingerprint density at radius 3 is 2.44 bits per heavy atom. The van der Waals surface area contributed by atoms with Gasteiger partial charge in [0.2, 0.25) is 0 Å². The number of hydrogen-bond acceptors (Lipinski definition) is 1. The lowest BCUT2D eigenvalue weighted by Crippen LogP contribution is -2.02. The van der Waals surface area contributed by atoms with Gasteiger partial charge in [-0.2, -0.15) is 0 Å². The summed E-state index contributed by atoms with van der Waals surface area (Å²) in [6.45, 7) is 5.01. The summed E-state index contributed by atoms with van der Waals surface area (Å²) in [5.41, 5.74) is 6.93.